The first-order valence-corrected chi connectivity index (χ1v) is 8.62. The van der Waals surface area contributed by atoms with Gasteiger partial charge in [-0.3, -0.25) is 9.36 Å². The monoisotopic (exact) mass is 333 g/mol. The second-order valence-corrected chi connectivity index (χ2v) is 6.60. The van der Waals surface area contributed by atoms with Crippen molar-refractivity contribution in [3.63, 3.8) is 0 Å². The molecule has 6 heteroatoms. The van der Waals surface area contributed by atoms with Gasteiger partial charge in [0.2, 0.25) is 5.91 Å². The molecule has 0 aliphatic heterocycles. The molecule has 1 heterocycles. The van der Waals surface area contributed by atoms with Crippen LogP contribution in [0.4, 0.5) is 0 Å². The van der Waals surface area contributed by atoms with Crippen molar-refractivity contribution in [3.05, 3.63) is 42.2 Å². The van der Waals surface area contributed by atoms with Gasteiger partial charge in [-0.25, -0.2) is 4.98 Å². The maximum Gasteiger partial charge on any atom is 0.232 e. The van der Waals surface area contributed by atoms with Crippen LogP contribution >= 0.6 is 11.8 Å². The molecule has 1 aromatic heterocycles. The minimum atomic E-state index is -0.0241. The zero-order valence-corrected chi connectivity index (χ0v) is 14.6. The van der Waals surface area contributed by atoms with Crippen LogP contribution in [0.15, 0.2) is 41.8 Å². The van der Waals surface area contributed by atoms with Crippen molar-refractivity contribution in [3.8, 4) is 5.69 Å². The fourth-order valence-electron chi connectivity index (χ4n) is 2.12. The van der Waals surface area contributed by atoms with Crippen molar-refractivity contribution >= 4 is 17.7 Å². The third-order valence-electron chi connectivity index (χ3n) is 3.63. The summed E-state index contributed by atoms with van der Waals surface area (Å²) in [7, 11) is 1.69. The van der Waals surface area contributed by atoms with Crippen molar-refractivity contribution < 1.29 is 9.90 Å². The summed E-state index contributed by atoms with van der Waals surface area (Å²) in [6.07, 6.45) is 3.63. The van der Waals surface area contributed by atoms with Gasteiger partial charge in [-0.2, -0.15) is 0 Å². The third kappa shape index (κ3) is 4.59. The lowest BCUT2D eigenvalue weighted by molar-refractivity contribution is -0.127. The summed E-state index contributed by atoms with van der Waals surface area (Å²) in [6.45, 7) is 4.66. The predicted molar refractivity (Wildman–Crippen MR) is 93.1 cm³/mol. The Balaban J connectivity index is 2.06. The quantitative estimate of drug-likeness (QED) is 0.791. The van der Waals surface area contributed by atoms with Crippen LogP contribution in [0.25, 0.3) is 5.69 Å². The number of carbonyl (C=O) groups is 1. The minimum Gasteiger partial charge on any atom is -0.395 e. The van der Waals surface area contributed by atoms with E-state index in [0.29, 0.717) is 18.2 Å². The van der Waals surface area contributed by atoms with Gasteiger partial charge >= 0.3 is 0 Å². The molecular formula is C17H23N3O2S. The van der Waals surface area contributed by atoms with Crippen LogP contribution in [-0.4, -0.2) is 51.4 Å². The Bertz CT molecular complexity index is 638. The highest BCUT2D eigenvalue weighted by Crippen LogP contribution is 2.22. The average molecular weight is 333 g/mol. The Kier molecular flexibility index (Phi) is 6.24. The van der Waals surface area contributed by atoms with E-state index in [0.717, 1.165) is 10.8 Å². The van der Waals surface area contributed by atoms with Gasteiger partial charge in [0, 0.05) is 31.7 Å². The molecule has 0 radical (unpaired) electrons. The summed E-state index contributed by atoms with van der Waals surface area (Å²) in [4.78, 5) is 17.8. The fraction of sp³-hybridized carbons (Fsp3) is 0.412. The molecule has 0 aliphatic carbocycles. The first kappa shape index (κ1) is 17.6. The highest BCUT2D eigenvalue weighted by Gasteiger charge is 2.12. The molecule has 124 valence electrons. The Labute approximate surface area is 141 Å². The normalized spacial score (nSPS) is 11.0. The minimum absolute atomic E-state index is 0.0197. The molecule has 0 saturated heterocycles. The van der Waals surface area contributed by atoms with Gasteiger partial charge in [0.15, 0.2) is 5.16 Å². The van der Waals surface area contributed by atoms with E-state index in [4.69, 9.17) is 5.11 Å². The van der Waals surface area contributed by atoms with E-state index < -0.39 is 0 Å². The van der Waals surface area contributed by atoms with E-state index in [2.05, 4.69) is 43.1 Å². The number of hydrogen-bond acceptors (Lipinski definition) is 4. The van der Waals surface area contributed by atoms with Gasteiger partial charge in [-0.15, -0.1) is 0 Å². The van der Waals surface area contributed by atoms with Crippen LogP contribution in [0.1, 0.15) is 25.3 Å². The highest BCUT2D eigenvalue weighted by molar-refractivity contribution is 7.99. The number of nitrogens with zero attached hydrogens (tertiary/aromatic N) is 3. The molecule has 1 amide bonds. The topological polar surface area (TPSA) is 58.4 Å². The summed E-state index contributed by atoms with van der Waals surface area (Å²) in [5.74, 6) is 0.784. The van der Waals surface area contributed by atoms with Crippen molar-refractivity contribution in [1.29, 1.82) is 0 Å². The van der Waals surface area contributed by atoms with Crippen molar-refractivity contribution in [2.45, 2.75) is 24.9 Å². The van der Waals surface area contributed by atoms with Crippen LogP contribution in [0.5, 0.6) is 0 Å². The summed E-state index contributed by atoms with van der Waals surface area (Å²) in [6, 6.07) is 8.38. The maximum absolute atomic E-state index is 12.0. The Morgan fingerprint density at radius 2 is 2.04 bits per heavy atom. The van der Waals surface area contributed by atoms with Crippen molar-refractivity contribution in [2.75, 3.05) is 26.0 Å². The highest BCUT2D eigenvalue weighted by atomic mass is 32.2. The van der Waals surface area contributed by atoms with Gasteiger partial charge in [0.1, 0.15) is 0 Å². The lowest BCUT2D eigenvalue weighted by Crippen LogP contribution is -2.30. The molecule has 0 bridgehead atoms. The van der Waals surface area contributed by atoms with Gasteiger partial charge in [-0.05, 0) is 23.6 Å². The molecule has 2 aromatic rings. The third-order valence-corrected chi connectivity index (χ3v) is 4.58. The van der Waals surface area contributed by atoms with Crippen molar-refractivity contribution in [1.82, 2.24) is 14.5 Å². The number of aromatic nitrogens is 2. The number of carbonyl (C=O) groups excluding carboxylic acids is 1. The van der Waals surface area contributed by atoms with E-state index in [-0.39, 0.29) is 12.5 Å². The number of imidazole rings is 1. The van der Waals surface area contributed by atoms with Crippen LogP contribution in [0.2, 0.25) is 0 Å². The molecule has 23 heavy (non-hydrogen) atoms. The Hall–Kier alpha value is -1.79. The number of likely N-dealkylation sites (N-methyl/N-ethyl adjacent to an activating group) is 1. The van der Waals surface area contributed by atoms with Gasteiger partial charge in [0.25, 0.3) is 0 Å². The second-order valence-electron chi connectivity index (χ2n) is 5.65. The first-order chi connectivity index (χ1) is 11.0. The molecule has 0 aliphatic rings. The number of aliphatic hydroxyl groups is 1. The van der Waals surface area contributed by atoms with E-state index in [1.165, 1.54) is 22.2 Å². The summed E-state index contributed by atoms with van der Waals surface area (Å²) in [5.41, 5.74) is 2.33. The molecular weight excluding hydrogens is 310 g/mol. The molecule has 0 spiro atoms. The Morgan fingerprint density at radius 1 is 1.35 bits per heavy atom. The summed E-state index contributed by atoms with van der Waals surface area (Å²) >= 11 is 1.40. The van der Waals surface area contributed by atoms with Crippen LogP contribution in [-0.2, 0) is 4.79 Å². The summed E-state index contributed by atoms with van der Waals surface area (Å²) in [5, 5.41) is 9.66. The number of amides is 1. The standard InChI is InChI=1S/C17H23N3O2S/c1-13(2)14-4-6-15(7-5-14)20-9-8-18-17(20)23-12-16(22)19(3)10-11-21/h4-9,13,21H,10-12H2,1-3H3. The molecule has 0 unspecified atom stereocenters. The van der Waals surface area contributed by atoms with Crippen molar-refractivity contribution in [2.24, 2.45) is 0 Å². The summed E-state index contributed by atoms with van der Waals surface area (Å²) < 4.78 is 1.98. The average Bonchev–Trinajstić information content (AvgIpc) is 3.01. The maximum atomic E-state index is 12.0. The predicted octanol–water partition coefficient (Wildman–Crippen LogP) is 2.54. The largest absolute Gasteiger partial charge is 0.395 e. The van der Waals surface area contributed by atoms with Crippen LogP contribution in [0, 0.1) is 0 Å². The number of benzene rings is 1. The zero-order valence-electron chi connectivity index (χ0n) is 13.8. The first-order valence-electron chi connectivity index (χ1n) is 7.64. The fourth-order valence-corrected chi connectivity index (χ4v) is 3.04. The number of thioether (sulfide) groups is 1. The Morgan fingerprint density at radius 3 is 2.65 bits per heavy atom. The molecule has 5 nitrogen and oxygen atoms in total. The smallest absolute Gasteiger partial charge is 0.232 e. The molecule has 0 atom stereocenters. The molecule has 0 fully saturated rings. The van der Waals surface area contributed by atoms with E-state index in [9.17, 15) is 4.79 Å². The van der Waals surface area contributed by atoms with Crippen LogP contribution in [0.3, 0.4) is 0 Å². The lowest BCUT2D eigenvalue weighted by atomic mass is 10.0. The van der Waals surface area contributed by atoms with E-state index >= 15 is 0 Å². The molecule has 1 N–H and O–H groups in total. The lowest BCUT2D eigenvalue weighted by Gasteiger charge is -2.15. The van der Waals surface area contributed by atoms with Gasteiger partial charge in [-0.1, -0.05) is 37.7 Å². The molecule has 2 rings (SSSR count). The van der Waals surface area contributed by atoms with Gasteiger partial charge < -0.3 is 10.0 Å². The van der Waals surface area contributed by atoms with Gasteiger partial charge in [0.05, 0.1) is 12.4 Å². The van der Waals surface area contributed by atoms with E-state index in [1.807, 2.05) is 10.8 Å². The van der Waals surface area contributed by atoms with E-state index in [1.54, 1.807) is 13.2 Å². The number of hydrogen-bond donors (Lipinski definition) is 1. The number of rotatable bonds is 7. The van der Waals surface area contributed by atoms with Crippen LogP contribution < -0.4 is 0 Å². The number of aliphatic hydroxyl groups excluding tert-OH is 1. The zero-order chi connectivity index (χ0) is 16.8. The second kappa shape index (κ2) is 8.17. The molecule has 0 saturated carbocycles. The molecule has 1 aromatic carbocycles. The SMILES string of the molecule is CC(C)c1ccc(-n2ccnc2SCC(=O)N(C)CCO)cc1.